The molecule has 0 aromatic carbocycles. The van der Waals surface area contributed by atoms with Crippen LogP contribution in [0.25, 0.3) is 0 Å². The third-order valence-electron chi connectivity index (χ3n) is 4.10. The van der Waals surface area contributed by atoms with Gasteiger partial charge in [-0.3, -0.25) is 9.78 Å². The van der Waals surface area contributed by atoms with E-state index in [4.69, 9.17) is 0 Å². The Bertz CT molecular complexity index is 895. The zero-order valence-corrected chi connectivity index (χ0v) is 15.4. The number of carbonyl (C=O) groups excluding carboxylic acids is 1. The van der Waals surface area contributed by atoms with Crippen molar-refractivity contribution in [2.75, 3.05) is 42.7 Å². The van der Waals surface area contributed by atoms with E-state index in [0.717, 1.165) is 0 Å². The fourth-order valence-electron chi connectivity index (χ4n) is 2.67. The van der Waals surface area contributed by atoms with E-state index in [2.05, 4.69) is 20.3 Å². The van der Waals surface area contributed by atoms with Gasteiger partial charge in [0.15, 0.2) is 5.69 Å². The van der Waals surface area contributed by atoms with Crippen LogP contribution in [0, 0.1) is 6.92 Å². The molecule has 3 heterocycles. The summed E-state index contributed by atoms with van der Waals surface area (Å²) in [5.74, 6) is 0.603. The summed E-state index contributed by atoms with van der Waals surface area (Å²) in [6, 6.07) is 5.23. The standard InChI is InChI=1S/C16H20N6O3S/c1-12-15(16(23)19-13-5-3-4-6-17-13)20-14(11-18-12)21-7-9-22(10-8-21)26(2,24)25/h3-6,11H,7-10H2,1-2H3,(H,17,19,23). The molecule has 0 unspecified atom stereocenters. The van der Waals surface area contributed by atoms with Crippen molar-refractivity contribution in [3.63, 3.8) is 0 Å². The number of carbonyl (C=O) groups is 1. The van der Waals surface area contributed by atoms with E-state index in [0.29, 0.717) is 43.5 Å². The van der Waals surface area contributed by atoms with E-state index in [1.165, 1.54) is 10.6 Å². The minimum absolute atomic E-state index is 0.221. The molecule has 26 heavy (non-hydrogen) atoms. The number of hydrogen-bond donors (Lipinski definition) is 1. The van der Waals surface area contributed by atoms with Gasteiger partial charge in [-0.25, -0.2) is 18.4 Å². The van der Waals surface area contributed by atoms with Gasteiger partial charge in [-0.1, -0.05) is 6.07 Å². The van der Waals surface area contributed by atoms with Crippen molar-refractivity contribution < 1.29 is 13.2 Å². The van der Waals surface area contributed by atoms with Gasteiger partial charge >= 0.3 is 0 Å². The van der Waals surface area contributed by atoms with Gasteiger partial charge in [-0.2, -0.15) is 4.31 Å². The number of amides is 1. The molecule has 0 atom stereocenters. The molecule has 0 saturated carbocycles. The predicted molar refractivity (Wildman–Crippen MR) is 97.6 cm³/mol. The first-order valence-corrected chi connectivity index (χ1v) is 9.95. The molecule has 1 N–H and O–H groups in total. The molecule has 1 amide bonds. The van der Waals surface area contributed by atoms with Crippen molar-refractivity contribution in [3.05, 3.63) is 42.0 Å². The highest BCUT2D eigenvalue weighted by molar-refractivity contribution is 7.88. The summed E-state index contributed by atoms with van der Waals surface area (Å²) in [5, 5.41) is 2.70. The van der Waals surface area contributed by atoms with Gasteiger partial charge in [0.1, 0.15) is 11.6 Å². The topological polar surface area (TPSA) is 108 Å². The second kappa shape index (κ2) is 7.34. The maximum absolute atomic E-state index is 12.5. The number of sulfonamides is 1. The largest absolute Gasteiger partial charge is 0.353 e. The van der Waals surface area contributed by atoms with Gasteiger partial charge in [0, 0.05) is 32.4 Å². The minimum atomic E-state index is -3.19. The first kappa shape index (κ1) is 18.2. The van der Waals surface area contributed by atoms with Gasteiger partial charge in [0.2, 0.25) is 10.0 Å². The summed E-state index contributed by atoms with van der Waals surface area (Å²) in [6.07, 6.45) is 4.39. The minimum Gasteiger partial charge on any atom is -0.353 e. The first-order chi connectivity index (χ1) is 12.3. The van der Waals surface area contributed by atoms with Crippen molar-refractivity contribution in [1.29, 1.82) is 0 Å². The first-order valence-electron chi connectivity index (χ1n) is 8.10. The van der Waals surface area contributed by atoms with E-state index >= 15 is 0 Å². The maximum atomic E-state index is 12.5. The van der Waals surface area contributed by atoms with Crippen LogP contribution >= 0.6 is 0 Å². The molecule has 0 bridgehead atoms. The molecular formula is C16H20N6O3S. The number of nitrogens with one attached hydrogen (secondary N) is 1. The quantitative estimate of drug-likeness (QED) is 0.828. The van der Waals surface area contributed by atoms with E-state index in [9.17, 15) is 13.2 Å². The van der Waals surface area contributed by atoms with Crippen LogP contribution in [-0.2, 0) is 10.0 Å². The summed E-state index contributed by atoms with van der Waals surface area (Å²) in [4.78, 5) is 27.2. The van der Waals surface area contributed by atoms with Gasteiger partial charge in [-0.15, -0.1) is 0 Å². The molecular weight excluding hydrogens is 356 g/mol. The molecule has 1 aliphatic rings. The Balaban J connectivity index is 1.75. The lowest BCUT2D eigenvalue weighted by Crippen LogP contribution is -2.48. The second-order valence-electron chi connectivity index (χ2n) is 5.98. The number of hydrogen-bond acceptors (Lipinski definition) is 7. The molecule has 10 heteroatoms. The highest BCUT2D eigenvalue weighted by Crippen LogP contribution is 2.17. The Kier molecular flexibility index (Phi) is 5.14. The average molecular weight is 376 g/mol. The van der Waals surface area contributed by atoms with Gasteiger partial charge in [-0.05, 0) is 19.1 Å². The maximum Gasteiger partial charge on any atom is 0.277 e. The average Bonchev–Trinajstić information content (AvgIpc) is 2.62. The van der Waals surface area contributed by atoms with Crippen molar-refractivity contribution in [1.82, 2.24) is 19.3 Å². The molecule has 2 aromatic heterocycles. The monoisotopic (exact) mass is 376 g/mol. The third-order valence-corrected chi connectivity index (χ3v) is 5.40. The summed E-state index contributed by atoms with van der Waals surface area (Å²) < 4.78 is 24.7. The van der Waals surface area contributed by atoms with Crippen LogP contribution in [0.15, 0.2) is 30.6 Å². The summed E-state index contributed by atoms with van der Waals surface area (Å²) in [5.41, 5.74) is 0.732. The molecule has 138 valence electrons. The number of piperazine rings is 1. The molecule has 1 aliphatic heterocycles. The Morgan fingerprint density at radius 2 is 1.88 bits per heavy atom. The highest BCUT2D eigenvalue weighted by atomic mass is 32.2. The number of pyridine rings is 1. The zero-order valence-electron chi connectivity index (χ0n) is 14.6. The van der Waals surface area contributed by atoms with E-state index in [-0.39, 0.29) is 11.6 Å². The van der Waals surface area contributed by atoms with Gasteiger partial charge < -0.3 is 10.2 Å². The SMILES string of the molecule is Cc1ncc(N2CCN(S(C)(=O)=O)CC2)nc1C(=O)Nc1ccccn1. The van der Waals surface area contributed by atoms with Crippen molar-refractivity contribution >= 4 is 27.6 Å². The summed E-state index contributed by atoms with van der Waals surface area (Å²) in [6.45, 7) is 3.46. The third kappa shape index (κ3) is 4.14. The zero-order chi connectivity index (χ0) is 18.7. The van der Waals surface area contributed by atoms with Crippen LogP contribution in [0.4, 0.5) is 11.6 Å². The summed E-state index contributed by atoms with van der Waals surface area (Å²) in [7, 11) is -3.19. The molecule has 0 spiro atoms. The number of anilines is 2. The number of nitrogens with zero attached hydrogens (tertiary/aromatic N) is 5. The Morgan fingerprint density at radius 3 is 2.50 bits per heavy atom. The second-order valence-corrected chi connectivity index (χ2v) is 7.96. The smallest absolute Gasteiger partial charge is 0.277 e. The molecule has 3 rings (SSSR count). The number of rotatable bonds is 4. The lowest BCUT2D eigenvalue weighted by atomic mass is 10.3. The predicted octanol–water partition coefficient (Wildman–Crippen LogP) is 0.514. The Labute approximate surface area is 152 Å². The fraction of sp³-hybridized carbons (Fsp3) is 0.375. The Morgan fingerprint density at radius 1 is 1.15 bits per heavy atom. The van der Waals surface area contributed by atoms with Crippen LogP contribution in [0.1, 0.15) is 16.2 Å². The highest BCUT2D eigenvalue weighted by Gasteiger charge is 2.25. The van der Waals surface area contributed by atoms with E-state index in [1.54, 1.807) is 37.5 Å². The van der Waals surface area contributed by atoms with Crippen LogP contribution in [0.2, 0.25) is 0 Å². The number of aryl methyl sites for hydroxylation is 1. The van der Waals surface area contributed by atoms with Crippen molar-refractivity contribution in [3.8, 4) is 0 Å². The van der Waals surface area contributed by atoms with Gasteiger partial charge in [0.05, 0.1) is 18.1 Å². The molecule has 1 fully saturated rings. The Hall–Kier alpha value is -2.59. The van der Waals surface area contributed by atoms with E-state index in [1.807, 2.05) is 4.90 Å². The van der Waals surface area contributed by atoms with Crippen LogP contribution in [0.3, 0.4) is 0 Å². The molecule has 0 aliphatic carbocycles. The molecule has 0 radical (unpaired) electrons. The van der Waals surface area contributed by atoms with Crippen LogP contribution < -0.4 is 10.2 Å². The molecule has 1 saturated heterocycles. The molecule has 9 nitrogen and oxygen atoms in total. The summed E-state index contributed by atoms with van der Waals surface area (Å²) >= 11 is 0. The van der Waals surface area contributed by atoms with Crippen molar-refractivity contribution in [2.24, 2.45) is 0 Å². The molecule has 2 aromatic rings. The van der Waals surface area contributed by atoms with Crippen molar-refractivity contribution in [2.45, 2.75) is 6.92 Å². The van der Waals surface area contributed by atoms with Crippen LogP contribution in [0.5, 0.6) is 0 Å². The normalized spacial score (nSPS) is 15.7. The lowest BCUT2D eigenvalue weighted by molar-refractivity contribution is 0.102. The fourth-order valence-corrected chi connectivity index (χ4v) is 3.50. The number of aromatic nitrogens is 3. The van der Waals surface area contributed by atoms with E-state index < -0.39 is 10.0 Å². The lowest BCUT2D eigenvalue weighted by Gasteiger charge is -2.33. The van der Waals surface area contributed by atoms with Gasteiger partial charge in [0.25, 0.3) is 5.91 Å². The van der Waals surface area contributed by atoms with Crippen LogP contribution in [-0.4, -0.2) is 66.0 Å².